The van der Waals surface area contributed by atoms with E-state index in [4.69, 9.17) is 39.0 Å². The number of Topliss-reactive ketones (excluding diaryl/α,β-unsaturated/α-hetero) is 1. The smallest absolute Gasteiger partial charge is 0.311 e. The van der Waals surface area contributed by atoms with Gasteiger partial charge in [-0.1, -0.05) is 56.3 Å². The summed E-state index contributed by atoms with van der Waals surface area (Å²) in [7, 11) is 3.82. The number of carbonyl (C=O) groups is 2. The Labute approximate surface area is 313 Å². The van der Waals surface area contributed by atoms with Crippen LogP contribution in [0.1, 0.15) is 79.7 Å². The van der Waals surface area contributed by atoms with Crippen LogP contribution in [-0.2, 0) is 49.5 Å². The molecule has 14 heteroatoms. The number of ketones is 1. The van der Waals surface area contributed by atoms with Gasteiger partial charge in [-0.15, -0.1) is 0 Å². The molecule has 296 valence electrons. The fraction of sp³-hybridized carbons (Fsp3) is 0.744. The molecule has 3 fully saturated rings. The van der Waals surface area contributed by atoms with Crippen LogP contribution in [0.15, 0.2) is 40.5 Å². The Bertz CT molecular complexity index is 1480. The highest BCUT2D eigenvalue weighted by Gasteiger charge is 2.55. The predicted molar refractivity (Wildman–Crippen MR) is 197 cm³/mol. The zero-order valence-corrected chi connectivity index (χ0v) is 32.7. The van der Waals surface area contributed by atoms with Gasteiger partial charge in [0.15, 0.2) is 11.9 Å². The highest BCUT2D eigenvalue weighted by molar-refractivity contribution is 5.87. The summed E-state index contributed by atoms with van der Waals surface area (Å²) in [6.07, 6.45) is -3.18. The maximum absolute atomic E-state index is 14.4. The van der Waals surface area contributed by atoms with Crippen molar-refractivity contribution < 1.29 is 48.0 Å². The highest BCUT2D eigenvalue weighted by atomic mass is 16.7. The average molecular weight is 745 g/mol. The molecule has 0 radical (unpaired) electrons. The normalized spacial score (nSPS) is 41.0. The van der Waals surface area contributed by atoms with Gasteiger partial charge in [-0.05, 0) is 66.6 Å². The van der Waals surface area contributed by atoms with Crippen LogP contribution >= 0.6 is 0 Å². The molecule has 0 amide bonds. The Balaban J connectivity index is 1.56. The van der Waals surface area contributed by atoms with Crippen LogP contribution in [-0.4, -0.2) is 121 Å². The molecule has 3 unspecified atom stereocenters. The maximum atomic E-state index is 14.4. The number of ether oxygens (including phenoxy) is 6. The van der Waals surface area contributed by atoms with Crippen molar-refractivity contribution in [2.24, 2.45) is 33.6 Å². The molecular weight excluding hydrogens is 684 g/mol. The molecule has 3 saturated heterocycles. The number of amidine groups is 1. The summed E-state index contributed by atoms with van der Waals surface area (Å²) < 4.78 is 38.6. The summed E-state index contributed by atoms with van der Waals surface area (Å²) in [4.78, 5) is 40.8. The number of aliphatic hydroxyl groups is 1. The molecule has 53 heavy (non-hydrogen) atoms. The lowest BCUT2D eigenvalue weighted by molar-refractivity contribution is -0.294. The summed E-state index contributed by atoms with van der Waals surface area (Å²) in [5.74, 6) is -2.59. The highest BCUT2D eigenvalue weighted by Crippen LogP contribution is 2.41. The van der Waals surface area contributed by atoms with Crippen molar-refractivity contribution in [3.63, 3.8) is 0 Å². The van der Waals surface area contributed by atoms with Crippen LogP contribution in [0.3, 0.4) is 0 Å². The zero-order valence-electron chi connectivity index (χ0n) is 32.7. The minimum Gasteiger partial charge on any atom is -0.458 e. The van der Waals surface area contributed by atoms with E-state index in [0.717, 1.165) is 5.56 Å². The third kappa shape index (κ3) is 9.22. The molecule has 4 aliphatic rings. The number of nitrogens with two attached hydrogens (primary N) is 1. The number of esters is 1. The van der Waals surface area contributed by atoms with E-state index in [1.165, 1.54) is 0 Å². The second kappa shape index (κ2) is 17.1. The molecule has 4 aliphatic heterocycles. The van der Waals surface area contributed by atoms with Gasteiger partial charge >= 0.3 is 5.97 Å². The van der Waals surface area contributed by atoms with Crippen molar-refractivity contribution >= 4 is 23.5 Å². The number of benzene rings is 1. The first-order valence-electron chi connectivity index (χ1n) is 18.9. The van der Waals surface area contributed by atoms with Gasteiger partial charge in [0, 0.05) is 24.3 Å². The summed E-state index contributed by atoms with van der Waals surface area (Å²) in [6, 6.07) is 8.68. The van der Waals surface area contributed by atoms with Crippen LogP contribution in [0.2, 0.25) is 0 Å². The Morgan fingerprint density at radius 3 is 2.45 bits per heavy atom. The van der Waals surface area contributed by atoms with Gasteiger partial charge in [-0.25, -0.2) is 4.99 Å². The van der Waals surface area contributed by atoms with Crippen molar-refractivity contribution in [2.75, 3.05) is 27.3 Å². The summed E-state index contributed by atoms with van der Waals surface area (Å²) in [5, 5.41) is 16.0. The van der Waals surface area contributed by atoms with Crippen LogP contribution in [0.5, 0.6) is 0 Å². The molecule has 0 spiro atoms. The zero-order chi connectivity index (χ0) is 38.7. The number of likely N-dealkylation sites (N-methyl/N-ethyl adjacent to an activating group) is 1. The fourth-order valence-electron chi connectivity index (χ4n) is 8.25. The molecule has 14 nitrogen and oxygen atoms in total. The lowest BCUT2D eigenvalue weighted by atomic mass is 9.75. The standard InChI is InChI=1S/C39H60N4O10/c1-10-30-39(7)34(41-37(40)53-39)25(5)32(44)22(2)18-38(6)31(52-36-33(45)28(43(8)9)16-23(3)50-36)17-29(24(4)35(46)51-30)47-20-27(21-48-38)42-49-19-26-14-12-11-13-15-26/h11-15,22-25,28-31,33-34,36,45H,10,16-21H2,1-9H3,(H2,40,41)/b42-27+/t22-,23-,24-,25+,28+,29-,30-,31-,33-,34?,36?,38+,39?/m1/s1. The quantitative estimate of drug-likeness (QED) is 0.307. The number of aliphatic hydroxyl groups excluding tert-OH is 1. The van der Waals surface area contributed by atoms with Crippen LogP contribution < -0.4 is 5.73 Å². The average Bonchev–Trinajstić information content (AvgIpc) is 3.46. The van der Waals surface area contributed by atoms with Gasteiger partial charge in [0.25, 0.3) is 6.02 Å². The Hall–Kier alpha value is -3.14. The number of aliphatic imine (C=N–C) groups is 1. The van der Waals surface area contributed by atoms with Crippen molar-refractivity contribution in [1.82, 2.24) is 4.90 Å². The third-order valence-electron chi connectivity index (χ3n) is 11.5. The van der Waals surface area contributed by atoms with Crippen molar-refractivity contribution in [3.8, 4) is 0 Å². The van der Waals surface area contributed by atoms with Crippen LogP contribution in [0.4, 0.5) is 0 Å². The van der Waals surface area contributed by atoms with E-state index in [9.17, 15) is 14.7 Å². The SMILES string of the molecule is CC[C@H]1OC(=O)[C@H](C)[C@H]2C[C@@H](OC3O[C@H](C)C[C@H](N(C)C)[C@H]3O)[C@](C)(C[C@@H](C)C(=O)[C@H](C)C3N=C(N)OC31C)OC/C(=N/OCc1ccccc1)CO2. The molecule has 0 saturated carbocycles. The Kier molecular flexibility index (Phi) is 13.3. The molecule has 4 heterocycles. The van der Waals surface area contributed by atoms with Crippen molar-refractivity contribution in [3.05, 3.63) is 35.9 Å². The van der Waals surface area contributed by atoms with E-state index in [1.807, 2.05) is 83.9 Å². The van der Waals surface area contributed by atoms with Gasteiger partial charge in [0.1, 0.15) is 36.4 Å². The monoisotopic (exact) mass is 744 g/mol. The van der Waals surface area contributed by atoms with Crippen molar-refractivity contribution in [1.29, 1.82) is 0 Å². The van der Waals surface area contributed by atoms with Gasteiger partial charge in [0.2, 0.25) is 0 Å². The first-order chi connectivity index (χ1) is 25.1. The second-order valence-corrected chi connectivity index (χ2v) is 15.9. The molecule has 1 aromatic carbocycles. The van der Waals surface area contributed by atoms with Crippen molar-refractivity contribution in [2.45, 2.75) is 141 Å². The largest absolute Gasteiger partial charge is 0.458 e. The molecule has 13 atom stereocenters. The number of oxime groups is 1. The topological polar surface area (TPSA) is 173 Å². The summed E-state index contributed by atoms with van der Waals surface area (Å²) >= 11 is 0. The maximum Gasteiger partial charge on any atom is 0.311 e. The lowest BCUT2D eigenvalue weighted by Crippen LogP contribution is -2.58. The van der Waals surface area contributed by atoms with Crippen LogP contribution in [0.25, 0.3) is 0 Å². The lowest BCUT2D eigenvalue weighted by Gasteiger charge is -2.46. The number of rotatable bonds is 7. The van der Waals surface area contributed by atoms with Gasteiger partial charge in [-0.2, -0.15) is 0 Å². The van der Waals surface area contributed by atoms with E-state index in [0.29, 0.717) is 18.6 Å². The predicted octanol–water partition coefficient (Wildman–Crippen LogP) is 3.61. The molecule has 3 N–H and O–H groups in total. The minimum atomic E-state index is -1.17. The summed E-state index contributed by atoms with van der Waals surface area (Å²) in [5.41, 5.74) is 5.18. The van der Waals surface area contributed by atoms with Gasteiger partial charge in [-0.3, -0.25) is 9.59 Å². The van der Waals surface area contributed by atoms with Gasteiger partial charge in [0.05, 0.1) is 43.0 Å². The van der Waals surface area contributed by atoms with E-state index < -0.39 is 71.7 Å². The first kappa shape index (κ1) is 41.0. The molecule has 2 bridgehead atoms. The fourth-order valence-corrected chi connectivity index (χ4v) is 8.25. The summed E-state index contributed by atoms with van der Waals surface area (Å²) in [6.45, 7) is 13.2. The number of nitrogens with zero attached hydrogens (tertiary/aromatic N) is 3. The Morgan fingerprint density at radius 1 is 1.06 bits per heavy atom. The molecule has 1 aromatic rings. The number of fused-ring (bicyclic) bond motifs is 4. The molecule has 0 aliphatic carbocycles. The van der Waals surface area contributed by atoms with E-state index >= 15 is 0 Å². The number of cyclic esters (lactones) is 1. The van der Waals surface area contributed by atoms with E-state index in [-0.39, 0.29) is 56.6 Å². The third-order valence-corrected chi connectivity index (χ3v) is 11.5. The Morgan fingerprint density at radius 2 is 1.77 bits per heavy atom. The first-order valence-corrected chi connectivity index (χ1v) is 18.9. The number of carbonyl (C=O) groups excluding carboxylic acids is 2. The minimum absolute atomic E-state index is 0.00182. The van der Waals surface area contributed by atoms with E-state index in [2.05, 4.69) is 10.1 Å². The second-order valence-electron chi connectivity index (χ2n) is 15.9. The molecular formula is C39H60N4O10. The number of hydrogen-bond acceptors (Lipinski definition) is 14. The molecule has 0 aromatic heterocycles. The van der Waals surface area contributed by atoms with Gasteiger partial charge < -0.3 is 49.0 Å². The van der Waals surface area contributed by atoms with Crippen LogP contribution in [0, 0.1) is 17.8 Å². The molecule has 5 rings (SSSR count). The van der Waals surface area contributed by atoms with E-state index in [1.54, 1.807) is 13.8 Å². The number of hydrogen-bond donors (Lipinski definition) is 2.